The number of amides is 2. The highest BCUT2D eigenvalue weighted by atomic mass is 32.2. The molecule has 0 aliphatic rings. The Morgan fingerprint density at radius 1 is 1.24 bits per heavy atom. The smallest absolute Gasteiger partial charge is 0.392 e. The van der Waals surface area contributed by atoms with Crippen LogP contribution in [0.3, 0.4) is 0 Å². The maximum Gasteiger partial charge on any atom is 0.441 e. The Hall–Kier alpha value is -1.03. The summed E-state index contributed by atoms with van der Waals surface area (Å²) in [4.78, 5) is 22.0. The third-order valence-corrected chi connectivity index (χ3v) is 2.16. The van der Waals surface area contributed by atoms with Crippen LogP contribution in [-0.2, 0) is 9.59 Å². The molecule has 0 radical (unpaired) electrons. The molecule has 5 nitrogen and oxygen atoms in total. The zero-order valence-corrected chi connectivity index (χ0v) is 10.1. The highest BCUT2D eigenvalue weighted by Crippen LogP contribution is 2.29. The zero-order valence-electron chi connectivity index (χ0n) is 8.47. The predicted molar refractivity (Wildman–Crippen MR) is 61.3 cm³/mol. The molecule has 0 aromatic rings. The van der Waals surface area contributed by atoms with Crippen molar-refractivity contribution in [1.29, 1.82) is 0 Å². The molecule has 0 fully saturated rings. The number of thioether (sulfide) groups is 1. The van der Waals surface area contributed by atoms with Crippen LogP contribution in [0.2, 0.25) is 0 Å². The highest BCUT2D eigenvalue weighted by Gasteiger charge is 2.27. The predicted octanol–water partition coefficient (Wildman–Crippen LogP) is -0.242. The van der Waals surface area contributed by atoms with Crippen LogP contribution in [0, 0.1) is 0 Å². The maximum atomic E-state index is 11.7. The minimum atomic E-state index is -4.35. The van der Waals surface area contributed by atoms with Crippen LogP contribution >= 0.6 is 24.0 Å². The van der Waals surface area contributed by atoms with Crippen LogP contribution < -0.4 is 16.4 Å². The number of carbonyl (C=O) groups is 2. The lowest BCUT2D eigenvalue weighted by Crippen LogP contribution is -2.43. The van der Waals surface area contributed by atoms with E-state index in [0.717, 1.165) is 0 Å². The van der Waals surface area contributed by atoms with Crippen LogP contribution in [0.5, 0.6) is 0 Å². The van der Waals surface area contributed by atoms with Gasteiger partial charge in [-0.1, -0.05) is 12.2 Å². The SMILES string of the molecule is NC(=S)CNC(=O)C(=O)NCCSC(F)(F)F. The fourth-order valence-corrected chi connectivity index (χ4v) is 1.17. The third-order valence-electron chi connectivity index (χ3n) is 1.28. The standard InChI is InChI=1S/C7H10F3N3O2S2/c8-7(9,10)17-2-1-12-5(14)6(15)13-3-4(11)16/h1-3H2,(H2,11,16)(H,12,14)(H,13,15). The first kappa shape index (κ1) is 16.0. The molecule has 2 amide bonds. The average Bonchev–Trinajstić information content (AvgIpc) is 2.19. The fourth-order valence-electron chi connectivity index (χ4n) is 0.659. The van der Waals surface area contributed by atoms with Crippen molar-refractivity contribution in [2.45, 2.75) is 5.51 Å². The molecule has 0 aromatic carbocycles. The van der Waals surface area contributed by atoms with E-state index in [1.165, 1.54) is 0 Å². The zero-order chi connectivity index (χ0) is 13.5. The summed E-state index contributed by atoms with van der Waals surface area (Å²) in [5.41, 5.74) is 0.719. The first-order valence-electron chi connectivity index (χ1n) is 4.27. The summed E-state index contributed by atoms with van der Waals surface area (Å²) in [6.07, 6.45) is 0. The van der Waals surface area contributed by atoms with Crippen molar-refractivity contribution in [3.05, 3.63) is 0 Å². The molecule has 0 aliphatic heterocycles. The molecule has 0 saturated carbocycles. The van der Waals surface area contributed by atoms with Crippen molar-refractivity contribution < 1.29 is 22.8 Å². The lowest BCUT2D eigenvalue weighted by atomic mass is 10.5. The van der Waals surface area contributed by atoms with E-state index >= 15 is 0 Å². The number of hydrogen-bond acceptors (Lipinski definition) is 4. The van der Waals surface area contributed by atoms with Gasteiger partial charge in [-0.3, -0.25) is 9.59 Å². The number of halogens is 3. The van der Waals surface area contributed by atoms with E-state index in [9.17, 15) is 22.8 Å². The molecule has 4 N–H and O–H groups in total. The average molecular weight is 289 g/mol. The second-order valence-electron chi connectivity index (χ2n) is 2.70. The van der Waals surface area contributed by atoms with E-state index in [2.05, 4.69) is 17.5 Å². The van der Waals surface area contributed by atoms with E-state index in [0.29, 0.717) is 0 Å². The maximum absolute atomic E-state index is 11.7. The van der Waals surface area contributed by atoms with E-state index in [-0.39, 0.29) is 35.6 Å². The summed E-state index contributed by atoms with van der Waals surface area (Å²) in [6, 6.07) is 0. The van der Waals surface area contributed by atoms with Gasteiger partial charge in [-0.2, -0.15) is 13.2 Å². The minimum absolute atomic E-state index is 0.00113. The van der Waals surface area contributed by atoms with Crippen LogP contribution in [0.4, 0.5) is 13.2 Å². The van der Waals surface area contributed by atoms with Gasteiger partial charge in [0.05, 0.1) is 11.5 Å². The molecule has 0 heterocycles. The van der Waals surface area contributed by atoms with E-state index in [1.807, 2.05) is 5.32 Å². The Balaban J connectivity index is 3.72. The Morgan fingerprint density at radius 2 is 1.76 bits per heavy atom. The molecular weight excluding hydrogens is 279 g/mol. The Morgan fingerprint density at radius 3 is 2.24 bits per heavy atom. The van der Waals surface area contributed by atoms with Gasteiger partial charge < -0.3 is 16.4 Å². The quantitative estimate of drug-likeness (QED) is 0.369. The van der Waals surface area contributed by atoms with E-state index in [1.54, 1.807) is 0 Å². The minimum Gasteiger partial charge on any atom is -0.392 e. The van der Waals surface area contributed by atoms with Gasteiger partial charge in [-0.15, -0.1) is 0 Å². The van der Waals surface area contributed by atoms with Crippen LogP contribution in [-0.4, -0.2) is 41.2 Å². The Kier molecular flexibility index (Phi) is 6.88. The molecule has 0 spiro atoms. The summed E-state index contributed by atoms with van der Waals surface area (Å²) in [7, 11) is 0. The second kappa shape index (κ2) is 7.33. The van der Waals surface area contributed by atoms with Crippen molar-refractivity contribution in [1.82, 2.24) is 10.6 Å². The van der Waals surface area contributed by atoms with Gasteiger partial charge in [0.15, 0.2) is 0 Å². The topological polar surface area (TPSA) is 84.2 Å². The molecule has 10 heteroatoms. The number of carbonyl (C=O) groups excluding carboxylic acids is 2. The third kappa shape index (κ3) is 9.87. The van der Waals surface area contributed by atoms with Crippen LogP contribution in [0.15, 0.2) is 0 Å². The number of alkyl halides is 3. The fraction of sp³-hybridized carbons (Fsp3) is 0.571. The van der Waals surface area contributed by atoms with Gasteiger partial charge in [0.1, 0.15) is 0 Å². The molecule has 0 rings (SSSR count). The number of nitrogens with one attached hydrogen (secondary N) is 2. The number of rotatable bonds is 5. The van der Waals surface area contributed by atoms with Crippen LogP contribution in [0.25, 0.3) is 0 Å². The van der Waals surface area contributed by atoms with Crippen molar-refractivity contribution in [3.63, 3.8) is 0 Å². The molecule has 0 atom stereocenters. The normalized spacial score (nSPS) is 10.8. The monoisotopic (exact) mass is 289 g/mol. The van der Waals surface area contributed by atoms with E-state index in [4.69, 9.17) is 5.73 Å². The summed E-state index contributed by atoms with van der Waals surface area (Å²) in [5, 5.41) is 4.12. The highest BCUT2D eigenvalue weighted by molar-refractivity contribution is 8.00. The van der Waals surface area contributed by atoms with Crippen molar-refractivity contribution in [3.8, 4) is 0 Å². The summed E-state index contributed by atoms with van der Waals surface area (Å²) < 4.78 is 35.1. The van der Waals surface area contributed by atoms with Crippen molar-refractivity contribution >= 4 is 40.8 Å². The summed E-state index contributed by atoms with van der Waals surface area (Å²) in [6.45, 7) is -0.400. The lowest BCUT2D eigenvalue weighted by molar-refractivity contribution is -0.138. The van der Waals surface area contributed by atoms with E-state index < -0.39 is 17.3 Å². The molecular formula is C7H10F3N3O2S2. The van der Waals surface area contributed by atoms with Gasteiger partial charge >= 0.3 is 17.3 Å². The first-order chi connectivity index (χ1) is 7.72. The number of thiocarbonyl (C=S) groups is 1. The first-order valence-corrected chi connectivity index (χ1v) is 5.67. The van der Waals surface area contributed by atoms with Crippen molar-refractivity contribution in [2.24, 2.45) is 5.73 Å². The molecule has 0 unspecified atom stereocenters. The van der Waals surface area contributed by atoms with Gasteiger partial charge in [0.25, 0.3) is 0 Å². The Labute approximate surface area is 105 Å². The molecule has 17 heavy (non-hydrogen) atoms. The Bertz CT molecular complexity index is 309. The number of hydrogen-bond donors (Lipinski definition) is 3. The summed E-state index contributed by atoms with van der Waals surface area (Å²) >= 11 is 4.17. The van der Waals surface area contributed by atoms with Gasteiger partial charge in [0.2, 0.25) is 0 Å². The van der Waals surface area contributed by atoms with Crippen LogP contribution in [0.1, 0.15) is 0 Å². The molecule has 0 aliphatic carbocycles. The largest absolute Gasteiger partial charge is 0.441 e. The molecule has 0 bridgehead atoms. The number of nitrogens with two attached hydrogens (primary N) is 1. The lowest BCUT2D eigenvalue weighted by Gasteiger charge is -2.07. The van der Waals surface area contributed by atoms with Gasteiger partial charge in [-0.05, 0) is 11.8 Å². The second-order valence-corrected chi connectivity index (χ2v) is 4.38. The van der Waals surface area contributed by atoms with Crippen molar-refractivity contribution in [2.75, 3.05) is 18.8 Å². The summed E-state index contributed by atoms with van der Waals surface area (Å²) in [5.74, 6) is -2.38. The van der Waals surface area contributed by atoms with Gasteiger partial charge in [0, 0.05) is 12.3 Å². The molecule has 0 aromatic heterocycles. The molecule has 0 saturated heterocycles. The van der Waals surface area contributed by atoms with Gasteiger partial charge in [-0.25, -0.2) is 0 Å². The molecule has 98 valence electrons.